The zero-order valence-corrected chi connectivity index (χ0v) is 15.2. The minimum absolute atomic E-state index is 0.210. The Hall–Kier alpha value is -2.95. The van der Waals surface area contributed by atoms with Crippen molar-refractivity contribution in [3.63, 3.8) is 0 Å². The van der Waals surface area contributed by atoms with Crippen LogP contribution in [0, 0.1) is 5.82 Å². The maximum absolute atomic E-state index is 13.9. The summed E-state index contributed by atoms with van der Waals surface area (Å²) in [6.07, 6.45) is 3.64. The molecule has 0 amide bonds. The average Bonchev–Trinajstić information content (AvgIpc) is 2.74. The molecule has 1 N–H and O–H groups in total. The number of halogens is 1. The number of rotatable bonds is 5. The van der Waals surface area contributed by atoms with Gasteiger partial charge in [0.05, 0.1) is 0 Å². The largest absolute Gasteiger partial charge is 0.366 e. The van der Waals surface area contributed by atoms with E-state index in [9.17, 15) is 4.39 Å². The fraction of sp³-hybridized carbons (Fsp3) is 0.273. The highest BCUT2D eigenvalue weighted by Crippen LogP contribution is 2.25. The lowest BCUT2D eigenvalue weighted by Gasteiger charge is -2.28. The van der Waals surface area contributed by atoms with E-state index in [1.54, 1.807) is 12.1 Å². The van der Waals surface area contributed by atoms with Gasteiger partial charge in [0.2, 0.25) is 0 Å². The van der Waals surface area contributed by atoms with Gasteiger partial charge in [-0.05, 0) is 25.3 Å². The zero-order valence-electron chi connectivity index (χ0n) is 15.2. The molecule has 0 unspecified atom stereocenters. The summed E-state index contributed by atoms with van der Waals surface area (Å²) in [5.41, 5.74) is 1.60. The van der Waals surface area contributed by atoms with E-state index in [0.29, 0.717) is 23.8 Å². The van der Waals surface area contributed by atoms with Crippen molar-refractivity contribution in [1.29, 1.82) is 0 Å². The highest BCUT2D eigenvalue weighted by Gasteiger charge is 2.15. The maximum Gasteiger partial charge on any atom is 0.163 e. The van der Waals surface area contributed by atoms with Crippen LogP contribution >= 0.6 is 0 Å². The summed E-state index contributed by atoms with van der Waals surface area (Å²) in [4.78, 5) is 11.8. The van der Waals surface area contributed by atoms with E-state index in [0.717, 1.165) is 24.5 Å². The average molecular weight is 362 g/mol. The number of piperidine rings is 1. The molecule has 0 spiro atoms. The van der Waals surface area contributed by atoms with Crippen LogP contribution in [0.5, 0.6) is 0 Å². The Morgan fingerprint density at radius 2 is 1.63 bits per heavy atom. The van der Waals surface area contributed by atoms with Crippen LogP contribution in [0.3, 0.4) is 0 Å². The summed E-state index contributed by atoms with van der Waals surface area (Å²) < 4.78 is 13.9. The van der Waals surface area contributed by atoms with Crippen molar-refractivity contribution in [1.82, 2.24) is 9.97 Å². The summed E-state index contributed by atoms with van der Waals surface area (Å²) in [7, 11) is 0. The maximum atomic E-state index is 13.9. The zero-order chi connectivity index (χ0) is 18.5. The SMILES string of the molecule is Fc1ccccc1CNc1cc(N2CCCCC2)nc(-c2ccccc2)n1. The van der Waals surface area contributed by atoms with Gasteiger partial charge < -0.3 is 10.2 Å². The highest BCUT2D eigenvalue weighted by molar-refractivity contribution is 5.61. The molecule has 1 saturated heterocycles. The van der Waals surface area contributed by atoms with Gasteiger partial charge >= 0.3 is 0 Å². The molecule has 4 rings (SSSR count). The molecule has 5 heteroatoms. The van der Waals surface area contributed by atoms with E-state index < -0.39 is 0 Å². The van der Waals surface area contributed by atoms with Gasteiger partial charge in [0.15, 0.2) is 5.82 Å². The molecule has 2 aromatic carbocycles. The first-order chi connectivity index (χ1) is 13.3. The van der Waals surface area contributed by atoms with Crippen LogP contribution in [0.15, 0.2) is 60.7 Å². The minimum Gasteiger partial charge on any atom is -0.366 e. The smallest absolute Gasteiger partial charge is 0.163 e. The number of benzene rings is 2. The molecule has 3 aromatic rings. The molecule has 1 aliphatic rings. The van der Waals surface area contributed by atoms with E-state index in [4.69, 9.17) is 4.98 Å². The third-order valence-corrected chi connectivity index (χ3v) is 4.84. The first-order valence-electron chi connectivity index (χ1n) is 9.46. The van der Waals surface area contributed by atoms with Gasteiger partial charge in [-0.15, -0.1) is 0 Å². The highest BCUT2D eigenvalue weighted by atomic mass is 19.1. The van der Waals surface area contributed by atoms with E-state index in [2.05, 4.69) is 15.2 Å². The van der Waals surface area contributed by atoms with Crippen LogP contribution in [0.2, 0.25) is 0 Å². The van der Waals surface area contributed by atoms with E-state index in [-0.39, 0.29) is 5.82 Å². The fourth-order valence-corrected chi connectivity index (χ4v) is 3.35. The second-order valence-corrected chi connectivity index (χ2v) is 6.79. The molecular formula is C22H23FN4. The monoisotopic (exact) mass is 362 g/mol. The normalized spacial score (nSPS) is 14.2. The quantitative estimate of drug-likeness (QED) is 0.702. The standard InChI is InChI=1S/C22H23FN4/c23-19-12-6-5-11-18(19)16-24-20-15-21(27-13-7-2-8-14-27)26-22(25-20)17-9-3-1-4-10-17/h1,3-6,9-12,15H,2,7-8,13-14,16H2,(H,24,25,26). The van der Waals surface area contributed by atoms with Crippen molar-refractivity contribution in [2.24, 2.45) is 0 Å². The predicted molar refractivity (Wildman–Crippen MR) is 107 cm³/mol. The van der Waals surface area contributed by atoms with Gasteiger partial charge in [-0.3, -0.25) is 0 Å². The lowest BCUT2D eigenvalue weighted by atomic mass is 10.1. The summed E-state index contributed by atoms with van der Waals surface area (Å²) in [5.74, 6) is 2.13. The molecule has 4 nitrogen and oxygen atoms in total. The third kappa shape index (κ3) is 4.25. The number of nitrogens with zero attached hydrogens (tertiary/aromatic N) is 3. The Bertz CT molecular complexity index is 892. The van der Waals surface area contributed by atoms with E-state index in [1.165, 1.54) is 25.3 Å². The van der Waals surface area contributed by atoms with Crippen LogP contribution in [0.4, 0.5) is 16.0 Å². The van der Waals surface area contributed by atoms with Crippen LogP contribution < -0.4 is 10.2 Å². The lowest BCUT2D eigenvalue weighted by Crippen LogP contribution is -2.30. The van der Waals surface area contributed by atoms with E-state index in [1.807, 2.05) is 42.5 Å². The molecule has 1 aromatic heterocycles. The summed E-state index contributed by atoms with van der Waals surface area (Å²) >= 11 is 0. The Morgan fingerprint density at radius 3 is 2.41 bits per heavy atom. The van der Waals surface area contributed by atoms with Gasteiger partial charge in [0, 0.05) is 36.8 Å². The van der Waals surface area contributed by atoms with Gasteiger partial charge in [0.25, 0.3) is 0 Å². The number of aromatic nitrogens is 2. The molecule has 0 radical (unpaired) electrons. The van der Waals surface area contributed by atoms with Crippen molar-refractivity contribution in [3.05, 3.63) is 72.0 Å². The van der Waals surface area contributed by atoms with Crippen LogP contribution in [0.1, 0.15) is 24.8 Å². The molecule has 2 heterocycles. The van der Waals surface area contributed by atoms with Crippen LogP contribution in [-0.2, 0) is 6.54 Å². The first kappa shape index (κ1) is 17.5. The van der Waals surface area contributed by atoms with Crippen molar-refractivity contribution in [3.8, 4) is 11.4 Å². The summed E-state index contributed by atoms with van der Waals surface area (Å²) in [6.45, 7) is 2.41. The Kier molecular flexibility index (Phi) is 5.28. The van der Waals surface area contributed by atoms with Crippen molar-refractivity contribution in [2.45, 2.75) is 25.8 Å². The van der Waals surface area contributed by atoms with Crippen molar-refractivity contribution >= 4 is 11.6 Å². The summed E-state index contributed by atoms with van der Waals surface area (Å²) in [6, 6.07) is 18.7. The Morgan fingerprint density at radius 1 is 0.889 bits per heavy atom. The van der Waals surface area contributed by atoms with E-state index >= 15 is 0 Å². The van der Waals surface area contributed by atoms with Gasteiger partial charge in [0.1, 0.15) is 17.5 Å². The number of hydrogen-bond donors (Lipinski definition) is 1. The molecule has 0 bridgehead atoms. The molecule has 0 atom stereocenters. The van der Waals surface area contributed by atoms with Crippen LogP contribution in [-0.4, -0.2) is 23.1 Å². The van der Waals surface area contributed by atoms with Gasteiger partial charge in [-0.1, -0.05) is 48.5 Å². The van der Waals surface area contributed by atoms with Crippen molar-refractivity contribution < 1.29 is 4.39 Å². The van der Waals surface area contributed by atoms with Gasteiger partial charge in [-0.2, -0.15) is 0 Å². The molecule has 27 heavy (non-hydrogen) atoms. The number of anilines is 2. The molecule has 0 aliphatic carbocycles. The third-order valence-electron chi connectivity index (χ3n) is 4.84. The topological polar surface area (TPSA) is 41.0 Å². The molecular weight excluding hydrogens is 339 g/mol. The molecule has 0 saturated carbocycles. The molecule has 1 fully saturated rings. The second kappa shape index (κ2) is 8.16. The Labute approximate surface area is 159 Å². The number of hydrogen-bond acceptors (Lipinski definition) is 4. The Balaban J connectivity index is 1.64. The molecule has 1 aliphatic heterocycles. The summed E-state index contributed by atoms with van der Waals surface area (Å²) in [5, 5.41) is 3.27. The predicted octanol–water partition coefficient (Wildman–Crippen LogP) is 4.89. The number of nitrogens with one attached hydrogen (secondary N) is 1. The first-order valence-corrected chi connectivity index (χ1v) is 9.46. The fourth-order valence-electron chi connectivity index (χ4n) is 3.35. The lowest BCUT2D eigenvalue weighted by molar-refractivity contribution is 0.573. The van der Waals surface area contributed by atoms with Crippen LogP contribution in [0.25, 0.3) is 11.4 Å². The van der Waals surface area contributed by atoms with Crippen molar-refractivity contribution in [2.75, 3.05) is 23.3 Å². The second-order valence-electron chi connectivity index (χ2n) is 6.79. The van der Waals surface area contributed by atoms with Gasteiger partial charge in [-0.25, -0.2) is 14.4 Å². The molecule has 138 valence electrons. The minimum atomic E-state index is -0.210.